The highest BCUT2D eigenvalue weighted by Crippen LogP contribution is 2.10. The molecule has 1 fully saturated rings. The summed E-state index contributed by atoms with van der Waals surface area (Å²) in [5.74, 6) is 1.49. The average Bonchev–Trinajstić information content (AvgIpc) is 2.78. The van der Waals surface area contributed by atoms with E-state index in [0.717, 1.165) is 18.8 Å². The third kappa shape index (κ3) is 3.83. The average molecular weight is 272 g/mol. The molecule has 1 aromatic heterocycles. The second kappa shape index (κ2) is 5.86. The van der Waals surface area contributed by atoms with Crippen LogP contribution in [0.4, 0.5) is 0 Å². The van der Waals surface area contributed by atoms with Crippen molar-refractivity contribution in [1.82, 2.24) is 10.2 Å². The van der Waals surface area contributed by atoms with Gasteiger partial charge in [-0.3, -0.25) is 4.90 Å². The number of hydrogen-bond donors (Lipinski definition) is 1. The molecule has 0 aliphatic carbocycles. The lowest BCUT2D eigenvalue weighted by Crippen LogP contribution is -2.48. The Kier molecular flexibility index (Phi) is 4.42. The monoisotopic (exact) mass is 272 g/mol. The predicted molar refractivity (Wildman–Crippen MR) is 70.1 cm³/mol. The largest absolute Gasteiger partial charge is 0.468 e. The molecule has 6 heteroatoms. The zero-order chi connectivity index (χ0) is 13.0. The molecule has 1 aliphatic rings. The second-order valence-electron chi connectivity index (χ2n) is 4.76. The van der Waals surface area contributed by atoms with E-state index in [1.54, 1.807) is 6.26 Å². The van der Waals surface area contributed by atoms with Gasteiger partial charge in [0.1, 0.15) is 5.76 Å². The van der Waals surface area contributed by atoms with Crippen LogP contribution in [0.5, 0.6) is 0 Å². The fourth-order valence-electron chi connectivity index (χ4n) is 2.21. The van der Waals surface area contributed by atoms with Crippen LogP contribution in [0.3, 0.4) is 0 Å². The number of furan rings is 1. The number of nitrogens with one attached hydrogen (secondary N) is 1. The minimum atomic E-state index is -2.81. The van der Waals surface area contributed by atoms with Crippen LogP contribution in [0.1, 0.15) is 12.7 Å². The van der Waals surface area contributed by atoms with Crippen LogP contribution in [0.15, 0.2) is 22.8 Å². The van der Waals surface area contributed by atoms with Crippen molar-refractivity contribution in [2.24, 2.45) is 0 Å². The molecular weight excluding hydrogens is 252 g/mol. The Morgan fingerprint density at radius 3 is 3.06 bits per heavy atom. The summed E-state index contributed by atoms with van der Waals surface area (Å²) in [6.07, 6.45) is 1.66. The fourth-order valence-corrected chi connectivity index (χ4v) is 3.84. The quantitative estimate of drug-likeness (QED) is 0.790. The number of hydrogen-bond acceptors (Lipinski definition) is 5. The molecule has 102 valence electrons. The molecule has 18 heavy (non-hydrogen) atoms. The van der Waals surface area contributed by atoms with Gasteiger partial charge in [-0.05, 0) is 19.1 Å². The summed E-state index contributed by atoms with van der Waals surface area (Å²) in [6, 6.07) is 3.92. The first-order chi connectivity index (χ1) is 8.57. The molecule has 0 amide bonds. The van der Waals surface area contributed by atoms with Gasteiger partial charge in [0.25, 0.3) is 0 Å². The molecule has 0 saturated carbocycles. The van der Waals surface area contributed by atoms with Crippen LogP contribution in [0.25, 0.3) is 0 Å². The first-order valence-electron chi connectivity index (χ1n) is 6.24. The first-order valence-corrected chi connectivity index (χ1v) is 8.06. The maximum Gasteiger partial charge on any atom is 0.153 e. The zero-order valence-corrected chi connectivity index (χ0v) is 11.4. The van der Waals surface area contributed by atoms with Gasteiger partial charge in [0.15, 0.2) is 9.84 Å². The molecule has 0 aromatic carbocycles. The fraction of sp³-hybridized carbons (Fsp3) is 0.667. The third-order valence-electron chi connectivity index (χ3n) is 3.26. The van der Waals surface area contributed by atoms with Gasteiger partial charge in [-0.1, -0.05) is 0 Å². The summed E-state index contributed by atoms with van der Waals surface area (Å²) in [5, 5.41) is 3.29. The van der Waals surface area contributed by atoms with Crippen LogP contribution < -0.4 is 5.32 Å². The summed E-state index contributed by atoms with van der Waals surface area (Å²) >= 11 is 0. The van der Waals surface area contributed by atoms with Gasteiger partial charge in [0.2, 0.25) is 0 Å². The molecule has 2 heterocycles. The van der Waals surface area contributed by atoms with Crippen molar-refractivity contribution in [3.8, 4) is 0 Å². The van der Waals surface area contributed by atoms with E-state index in [9.17, 15) is 8.42 Å². The maximum absolute atomic E-state index is 11.4. The standard InChI is InChI=1S/C12H20N2O3S/c1-11-10-18(15,16)8-6-14(11)5-4-13-9-12-3-2-7-17-12/h2-3,7,11,13H,4-6,8-10H2,1H3. The highest BCUT2D eigenvalue weighted by atomic mass is 32.2. The van der Waals surface area contributed by atoms with Gasteiger partial charge >= 0.3 is 0 Å². The molecule has 0 bridgehead atoms. The summed E-state index contributed by atoms with van der Waals surface area (Å²) in [4.78, 5) is 2.22. The molecule has 2 rings (SSSR count). The Hall–Kier alpha value is -0.850. The molecule has 1 aromatic rings. The van der Waals surface area contributed by atoms with Crippen LogP contribution in [0, 0.1) is 0 Å². The molecule has 1 aliphatic heterocycles. The predicted octanol–water partition coefficient (Wildman–Crippen LogP) is 0.488. The summed E-state index contributed by atoms with van der Waals surface area (Å²) < 4.78 is 28.1. The number of nitrogens with zero attached hydrogens (tertiary/aromatic N) is 1. The van der Waals surface area contributed by atoms with E-state index in [4.69, 9.17) is 4.42 Å². The second-order valence-corrected chi connectivity index (χ2v) is 6.98. The molecule has 1 unspecified atom stereocenters. The van der Waals surface area contributed by atoms with E-state index in [0.29, 0.717) is 13.1 Å². The Balaban J connectivity index is 1.68. The van der Waals surface area contributed by atoms with Crippen LogP contribution >= 0.6 is 0 Å². The van der Waals surface area contributed by atoms with Crippen molar-refractivity contribution in [2.75, 3.05) is 31.1 Å². The Morgan fingerprint density at radius 2 is 2.39 bits per heavy atom. The van der Waals surface area contributed by atoms with Crippen molar-refractivity contribution in [1.29, 1.82) is 0 Å². The molecule has 0 radical (unpaired) electrons. The molecule has 0 spiro atoms. The lowest BCUT2D eigenvalue weighted by molar-refractivity contribution is 0.226. The van der Waals surface area contributed by atoms with Crippen LogP contribution in [-0.4, -0.2) is 50.5 Å². The minimum absolute atomic E-state index is 0.120. The van der Waals surface area contributed by atoms with Crippen molar-refractivity contribution >= 4 is 9.84 Å². The topological polar surface area (TPSA) is 62.6 Å². The normalized spacial score (nSPS) is 24.2. The minimum Gasteiger partial charge on any atom is -0.468 e. The van der Waals surface area contributed by atoms with E-state index in [2.05, 4.69) is 10.2 Å². The Morgan fingerprint density at radius 1 is 1.56 bits per heavy atom. The van der Waals surface area contributed by atoms with Crippen molar-refractivity contribution < 1.29 is 12.8 Å². The Bertz CT molecular complexity index is 456. The summed E-state index contributed by atoms with van der Waals surface area (Å²) in [6.45, 7) is 5.05. The summed E-state index contributed by atoms with van der Waals surface area (Å²) in [7, 11) is -2.81. The van der Waals surface area contributed by atoms with Crippen molar-refractivity contribution in [3.05, 3.63) is 24.2 Å². The third-order valence-corrected chi connectivity index (χ3v) is 5.06. The van der Waals surface area contributed by atoms with Crippen LogP contribution in [0.2, 0.25) is 0 Å². The summed E-state index contributed by atoms with van der Waals surface area (Å²) in [5.41, 5.74) is 0. The maximum atomic E-state index is 11.4. The lowest BCUT2D eigenvalue weighted by Gasteiger charge is -2.33. The van der Waals surface area contributed by atoms with Gasteiger partial charge in [-0.25, -0.2) is 8.42 Å². The first kappa shape index (κ1) is 13.6. The van der Waals surface area contributed by atoms with E-state index in [1.165, 1.54) is 0 Å². The molecule has 1 saturated heterocycles. The number of sulfone groups is 1. The molecule has 1 N–H and O–H groups in total. The van der Waals surface area contributed by atoms with Gasteiger partial charge < -0.3 is 9.73 Å². The highest BCUT2D eigenvalue weighted by molar-refractivity contribution is 7.91. The van der Waals surface area contributed by atoms with E-state index < -0.39 is 9.84 Å². The smallest absolute Gasteiger partial charge is 0.153 e. The molecule has 5 nitrogen and oxygen atoms in total. The van der Waals surface area contributed by atoms with Crippen LogP contribution in [-0.2, 0) is 16.4 Å². The van der Waals surface area contributed by atoms with E-state index >= 15 is 0 Å². The van der Waals surface area contributed by atoms with Gasteiger partial charge in [-0.15, -0.1) is 0 Å². The van der Waals surface area contributed by atoms with E-state index in [-0.39, 0.29) is 17.5 Å². The van der Waals surface area contributed by atoms with Gasteiger partial charge in [-0.2, -0.15) is 0 Å². The number of rotatable bonds is 5. The van der Waals surface area contributed by atoms with Crippen molar-refractivity contribution in [2.45, 2.75) is 19.5 Å². The highest BCUT2D eigenvalue weighted by Gasteiger charge is 2.27. The Labute approximate surface area is 108 Å². The molecular formula is C12H20N2O3S. The SMILES string of the molecule is CC1CS(=O)(=O)CCN1CCNCc1ccco1. The van der Waals surface area contributed by atoms with Gasteiger partial charge in [0, 0.05) is 25.7 Å². The van der Waals surface area contributed by atoms with Crippen molar-refractivity contribution in [3.63, 3.8) is 0 Å². The van der Waals surface area contributed by atoms with E-state index in [1.807, 2.05) is 19.1 Å². The lowest BCUT2D eigenvalue weighted by atomic mass is 10.3. The molecule has 1 atom stereocenters. The zero-order valence-electron chi connectivity index (χ0n) is 10.6. The van der Waals surface area contributed by atoms with Gasteiger partial charge in [0.05, 0.1) is 24.3 Å².